The smallest absolute Gasteiger partial charge is 0.160 e. The van der Waals surface area contributed by atoms with Crippen molar-refractivity contribution in [1.82, 2.24) is 127 Å². The van der Waals surface area contributed by atoms with Crippen LogP contribution in [0.15, 0.2) is 159 Å². The van der Waals surface area contributed by atoms with Crippen LogP contribution in [0.4, 0.5) is 8.78 Å². The topological polar surface area (TPSA) is 282 Å². The van der Waals surface area contributed by atoms with E-state index in [0.717, 1.165) is 188 Å². The summed E-state index contributed by atoms with van der Waals surface area (Å²) in [5, 5.41) is 68.8. The SMILES string of the molecule is CN(C)Cc1nnc2ccc(-c3ccc(F)cc3OCCc3cnn(C)c3)cn12.COc1ccc(CCCn2c(C)nnc2C)c(-c2ccc3nnc(CN(C)C)n3c2)c1.Cc1nn(C)c(C)c1CCOc1cc(C#N)ccc1-c1ccc2nnc(CN(C)C)n2c1.Cc1nnc(C)n1CCCc1cc(F)ccc1-c1ccc2nnc(CN(C)C)n2c1. The fourth-order valence-electron chi connectivity index (χ4n) is 14.8. The molecular formula is C90H105F2N27O3. The van der Waals surface area contributed by atoms with Crippen molar-refractivity contribution in [3.63, 3.8) is 0 Å². The van der Waals surface area contributed by atoms with E-state index in [1.807, 2.05) is 226 Å². The number of pyridine rings is 4. The number of nitrogens with zero attached hydrogens (tertiary/aromatic N) is 27. The Morgan fingerprint density at radius 1 is 0.418 bits per heavy atom. The van der Waals surface area contributed by atoms with Crippen molar-refractivity contribution in [2.45, 2.75) is 119 Å². The fourth-order valence-corrected chi connectivity index (χ4v) is 14.8. The van der Waals surface area contributed by atoms with Crippen molar-refractivity contribution in [3.8, 4) is 67.8 Å². The highest BCUT2D eigenvalue weighted by molar-refractivity contribution is 5.74. The van der Waals surface area contributed by atoms with Crippen LogP contribution in [0, 0.1) is 64.5 Å². The maximum atomic E-state index is 14.0. The molecule has 0 aliphatic rings. The van der Waals surface area contributed by atoms with E-state index >= 15 is 0 Å². The van der Waals surface area contributed by atoms with Gasteiger partial charge in [0.15, 0.2) is 45.9 Å². The Labute approximate surface area is 708 Å². The van der Waals surface area contributed by atoms with Crippen LogP contribution >= 0.6 is 0 Å². The molecule has 4 aromatic carbocycles. The van der Waals surface area contributed by atoms with E-state index in [2.05, 4.69) is 137 Å². The molecule has 0 N–H and O–H groups in total. The molecule has 12 heterocycles. The second-order valence-electron chi connectivity index (χ2n) is 31.4. The van der Waals surface area contributed by atoms with E-state index in [9.17, 15) is 14.0 Å². The zero-order valence-corrected chi connectivity index (χ0v) is 72.5. The molecule has 0 aliphatic carbocycles. The number of benzene rings is 4. The lowest BCUT2D eigenvalue weighted by Crippen LogP contribution is -2.13. The molecule has 0 amide bonds. The minimum atomic E-state index is -0.330. The highest BCUT2D eigenvalue weighted by atomic mass is 19.1. The molecule has 0 spiro atoms. The standard InChI is InChI=1S/C24H27N7O.C23H29N7O.C22H26FN7.C21H23FN6O/c1-16-20(17(2)30(5)28-16)10-11-32-22-12-18(13-25)6-8-21(22)19-7-9-23-26-27-24(15-29(3)4)31(23)14-19;1-16-24-25-17(2)29(16)12-6-7-18-8-10-20(31-5)13-21(18)19-9-11-22-26-27-23(15-28(3)4)30(22)14-19;1-15-24-25-16(2)29(15)11-5-6-17-12-19(23)8-9-20(17)18-7-10-21-26-27-22(14-28(3)4)30(21)13-18;1-26(2)14-21-25-24-20-7-4-16(13-28(20)21)18-6-5-17(22)10-19(18)29-9-8-15-11-23-27(3)12-15/h6-9,12,14H,10-11,15H2,1-5H3;8-11,13-14H,6-7,12,15H2,1-5H3;7-10,12-13H,5-6,11,14H2,1-4H3;4-7,10-13H,8-9,14H2,1-3H3. The van der Waals surface area contributed by atoms with Crippen LogP contribution in [0.5, 0.6) is 17.2 Å². The number of ether oxygens (including phenoxy) is 3. The first-order valence-electron chi connectivity index (χ1n) is 40.4. The summed E-state index contributed by atoms with van der Waals surface area (Å²) in [7, 11) is 21.6. The van der Waals surface area contributed by atoms with Crippen LogP contribution in [-0.4, -0.2) is 204 Å². The third-order valence-corrected chi connectivity index (χ3v) is 21.0. The molecule has 0 bridgehead atoms. The molecule has 0 aliphatic heterocycles. The average molecular weight is 1650 g/mol. The number of rotatable bonds is 29. The normalized spacial score (nSPS) is 11.5. The number of hydrogen-bond acceptors (Lipinski definition) is 22. The lowest BCUT2D eigenvalue weighted by molar-refractivity contribution is 0.321. The molecule has 0 atom stereocenters. The monoisotopic (exact) mass is 1650 g/mol. The number of fused-ring (bicyclic) bond motifs is 4. The summed E-state index contributed by atoms with van der Waals surface area (Å²) in [5.74, 6) is 8.71. The minimum absolute atomic E-state index is 0.218. The summed E-state index contributed by atoms with van der Waals surface area (Å²) in [4.78, 5) is 8.24. The predicted octanol–water partition coefficient (Wildman–Crippen LogP) is 13.0. The van der Waals surface area contributed by atoms with Crippen molar-refractivity contribution in [1.29, 1.82) is 5.26 Å². The van der Waals surface area contributed by atoms with Crippen LogP contribution in [0.3, 0.4) is 0 Å². The van der Waals surface area contributed by atoms with Gasteiger partial charge in [0.2, 0.25) is 0 Å². The van der Waals surface area contributed by atoms with Crippen LogP contribution < -0.4 is 14.2 Å². The van der Waals surface area contributed by atoms with Crippen LogP contribution in [-0.2, 0) is 79.0 Å². The molecule has 16 rings (SSSR count). The van der Waals surface area contributed by atoms with E-state index in [4.69, 9.17) is 14.2 Å². The van der Waals surface area contributed by atoms with E-state index in [0.29, 0.717) is 56.3 Å². The van der Waals surface area contributed by atoms with Crippen molar-refractivity contribution in [2.75, 3.05) is 76.7 Å². The van der Waals surface area contributed by atoms with Gasteiger partial charge in [-0.2, -0.15) is 15.5 Å². The van der Waals surface area contributed by atoms with Gasteiger partial charge in [-0.1, -0.05) is 12.1 Å². The van der Waals surface area contributed by atoms with Gasteiger partial charge < -0.3 is 42.9 Å². The average Bonchev–Trinajstić information content (AvgIpc) is 1.70. The third kappa shape index (κ3) is 21.1. The summed E-state index contributed by atoms with van der Waals surface area (Å²) >= 11 is 0. The Balaban J connectivity index is 0.000000140. The first-order chi connectivity index (χ1) is 58.7. The van der Waals surface area contributed by atoms with Gasteiger partial charge in [0, 0.05) is 105 Å². The molecule has 12 aromatic heterocycles. The van der Waals surface area contributed by atoms with Crippen molar-refractivity contribution >= 4 is 22.6 Å². The maximum Gasteiger partial charge on any atom is 0.160 e. The van der Waals surface area contributed by atoms with Crippen molar-refractivity contribution < 1.29 is 23.0 Å². The Morgan fingerprint density at radius 3 is 1.26 bits per heavy atom. The van der Waals surface area contributed by atoms with E-state index in [-0.39, 0.29) is 11.6 Å². The Bertz CT molecular complexity index is 6290. The number of halogens is 2. The molecule has 0 fully saturated rings. The second-order valence-corrected chi connectivity index (χ2v) is 31.4. The quantitative estimate of drug-likeness (QED) is 0.0421. The largest absolute Gasteiger partial charge is 0.497 e. The fraction of sp³-hybridized carbons (Fsp3) is 0.344. The predicted molar refractivity (Wildman–Crippen MR) is 464 cm³/mol. The lowest BCUT2D eigenvalue weighted by Gasteiger charge is -2.14. The third-order valence-electron chi connectivity index (χ3n) is 21.0. The Kier molecular flexibility index (Phi) is 27.8. The molecular weight excluding hydrogens is 1550 g/mol. The zero-order valence-electron chi connectivity index (χ0n) is 72.5. The first kappa shape index (κ1) is 86.5. The number of nitriles is 1. The van der Waals surface area contributed by atoms with Crippen LogP contribution in [0.1, 0.15) is 98.6 Å². The highest BCUT2D eigenvalue weighted by Gasteiger charge is 2.20. The molecule has 122 heavy (non-hydrogen) atoms. The Hall–Kier alpha value is -13.4. The molecule has 0 saturated heterocycles. The van der Waals surface area contributed by atoms with Crippen molar-refractivity contribution in [2.24, 2.45) is 14.1 Å². The minimum Gasteiger partial charge on any atom is -0.497 e. The summed E-state index contributed by atoms with van der Waals surface area (Å²) in [6.45, 7) is 17.4. The summed E-state index contributed by atoms with van der Waals surface area (Å²) in [6, 6.07) is 39.6. The van der Waals surface area contributed by atoms with Gasteiger partial charge in [0.1, 0.15) is 52.2 Å². The van der Waals surface area contributed by atoms with Gasteiger partial charge in [0.05, 0.1) is 70.0 Å². The summed E-state index contributed by atoms with van der Waals surface area (Å²) < 4.78 is 61.6. The lowest BCUT2D eigenvalue weighted by atomic mass is 9.97. The maximum absolute atomic E-state index is 14.0. The van der Waals surface area contributed by atoms with Gasteiger partial charge in [-0.05, 0) is 271 Å². The van der Waals surface area contributed by atoms with E-state index in [1.54, 1.807) is 30.0 Å². The van der Waals surface area contributed by atoms with Gasteiger partial charge >= 0.3 is 0 Å². The van der Waals surface area contributed by atoms with E-state index in [1.165, 1.54) is 34.9 Å². The number of methoxy groups -OCH3 is 1. The number of aryl methyl sites for hydroxylation is 9. The summed E-state index contributed by atoms with van der Waals surface area (Å²) in [6.07, 6.45) is 16.9. The first-order valence-corrected chi connectivity index (χ1v) is 40.4. The molecule has 632 valence electrons. The van der Waals surface area contributed by atoms with Gasteiger partial charge in [0.25, 0.3) is 0 Å². The van der Waals surface area contributed by atoms with Crippen LogP contribution in [0.2, 0.25) is 0 Å². The number of hydrogen-bond donors (Lipinski definition) is 0. The number of aromatic nitrogens is 22. The van der Waals surface area contributed by atoms with E-state index < -0.39 is 0 Å². The van der Waals surface area contributed by atoms with Gasteiger partial charge in [-0.15, -0.1) is 61.2 Å². The van der Waals surface area contributed by atoms with Crippen molar-refractivity contribution in [3.05, 3.63) is 256 Å². The second kappa shape index (κ2) is 39.2. The Morgan fingerprint density at radius 2 is 0.836 bits per heavy atom. The zero-order chi connectivity index (χ0) is 86.4. The molecule has 32 heteroatoms. The molecule has 0 unspecified atom stereocenters. The molecule has 0 radical (unpaired) electrons. The molecule has 16 aromatic rings. The molecule has 30 nitrogen and oxygen atoms in total. The summed E-state index contributed by atoms with van der Waals surface area (Å²) in [5.41, 5.74) is 18.5. The van der Waals surface area contributed by atoms with Crippen LogP contribution in [0.25, 0.3) is 67.1 Å². The van der Waals surface area contributed by atoms with Gasteiger partial charge in [-0.3, -0.25) is 27.0 Å². The highest BCUT2D eigenvalue weighted by Crippen LogP contribution is 2.36. The van der Waals surface area contributed by atoms with Gasteiger partial charge in [-0.25, -0.2) is 8.78 Å². The molecule has 0 saturated carbocycles.